The van der Waals surface area contributed by atoms with Crippen LogP contribution in [0.2, 0.25) is 0 Å². The molecule has 1 aromatic carbocycles. The van der Waals surface area contributed by atoms with Crippen molar-refractivity contribution < 1.29 is 14.3 Å². The van der Waals surface area contributed by atoms with Crippen molar-refractivity contribution in [3.8, 4) is 5.75 Å². The summed E-state index contributed by atoms with van der Waals surface area (Å²) >= 11 is 0. The van der Waals surface area contributed by atoms with Crippen molar-refractivity contribution in [1.29, 1.82) is 0 Å². The standard InChI is InChI=1S/C15H12O3/c1-17-10-4-3-9-7-13-11(12(9)8-10)5-6-14(18-2)15(13)16/h3-8H,1-2H3. The van der Waals surface area contributed by atoms with Crippen molar-refractivity contribution in [3.05, 3.63) is 52.8 Å². The Hall–Kier alpha value is -2.29. The number of hydrogen-bond acceptors (Lipinski definition) is 3. The molecule has 0 heterocycles. The van der Waals surface area contributed by atoms with Crippen LogP contribution in [0.1, 0.15) is 11.1 Å². The highest BCUT2D eigenvalue weighted by Gasteiger charge is 2.29. The normalized spacial score (nSPS) is 16.3. The largest absolute Gasteiger partial charge is 0.497 e. The average Bonchev–Trinajstić information content (AvgIpc) is 2.78. The van der Waals surface area contributed by atoms with Gasteiger partial charge in [0.25, 0.3) is 0 Å². The fourth-order valence-corrected chi connectivity index (χ4v) is 2.30. The van der Waals surface area contributed by atoms with Crippen LogP contribution in [0.4, 0.5) is 0 Å². The number of fused-ring (bicyclic) bond motifs is 3. The lowest BCUT2D eigenvalue weighted by molar-refractivity contribution is -0.114. The summed E-state index contributed by atoms with van der Waals surface area (Å²) < 4.78 is 10.3. The first-order chi connectivity index (χ1) is 8.74. The maximum atomic E-state index is 12.1. The highest BCUT2D eigenvalue weighted by atomic mass is 16.5. The molecule has 3 nitrogen and oxygen atoms in total. The summed E-state index contributed by atoms with van der Waals surface area (Å²) in [5.41, 5.74) is 3.70. The van der Waals surface area contributed by atoms with Crippen molar-refractivity contribution in [2.24, 2.45) is 0 Å². The number of hydrogen-bond donors (Lipinski definition) is 0. The lowest BCUT2D eigenvalue weighted by Crippen LogP contribution is -2.10. The van der Waals surface area contributed by atoms with E-state index in [0.717, 1.165) is 22.4 Å². The Morgan fingerprint density at radius 2 is 1.83 bits per heavy atom. The van der Waals surface area contributed by atoms with Crippen LogP contribution >= 0.6 is 0 Å². The van der Waals surface area contributed by atoms with Gasteiger partial charge in [-0.15, -0.1) is 0 Å². The Bertz CT molecular complexity index is 633. The Morgan fingerprint density at radius 1 is 1.00 bits per heavy atom. The van der Waals surface area contributed by atoms with Gasteiger partial charge in [-0.1, -0.05) is 6.07 Å². The molecule has 0 amide bonds. The van der Waals surface area contributed by atoms with Crippen LogP contribution in [0.5, 0.6) is 5.75 Å². The molecule has 2 aliphatic carbocycles. The van der Waals surface area contributed by atoms with Gasteiger partial charge in [-0.05, 0) is 47.1 Å². The molecule has 0 atom stereocenters. The second-order valence-corrected chi connectivity index (χ2v) is 4.16. The SMILES string of the molecule is COC1=CC=C2C(=Cc3ccc(OC)cc32)C1=O. The Labute approximate surface area is 105 Å². The van der Waals surface area contributed by atoms with E-state index in [0.29, 0.717) is 11.3 Å². The zero-order valence-electron chi connectivity index (χ0n) is 10.2. The molecule has 0 bridgehead atoms. The number of rotatable bonds is 2. The zero-order valence-corrected chi connectivity index (χ0v) is 10.2. The van der Waals surface area contributed by atoms with Gasteiger partial charge in [-0.2, -0.15) is 0 Å². The maximum Gasteiger partial charge on any atom is 0.228 e. The number of carbonyl (C=O) groups excluding carboxylic acids is 1. The van der Waals surface area contributed by atoms with E-state index in [2.05, 4.69) is 0 Å². The molecule has 0 radical (unpaired) electrons. The van der Waals surface area contributed by atoms with Crippen molar-refractivity contribution in [2.75, 3.05) is 14.2 Å². The van der Waals surface area contributed by atoms with E-state index in [9.17, 15) is 4.79 Å². The van der Waals surface area contributed by atoms with Crippen LogP contribution in [0.3, 0.4) is 0 Å². The summed E-state index contributed by atoms with van der Waals surface area (Å²) in [4.78, 5) is 12.1. The van der Waals surface area contributed by atoms with Crippen LogP contribution in [0, 0.1) is 0 Å². The number of methoxy groups -OCH3 is 2. The minimum absolute atomic E-state index is 0.0647. The quantitative estimate of drug-likeness (QED) is 0.797. The Morgan fingerprint density at radius 3 is 2.56 bits per heavy atom. The lowest BCUT2D eigenvalue weighted by atomic mass is 9.95. The molecule has 0 fully saturated rings. The summed E-state index contributed by atoms with van der Waals surface area (Å²) in [6.45, 7) is 0. The molecule has 1 aromatic rings. The van der Waals surface area contributed by atoms with Crippen LogP contribution in [-0.2, 0) is 9.53 Å². The van der Waals surface area contributed by atoms with Crippen molar-refractivity contribution in [1.82, 2.24) is 0 Å². The van der Waals surface area contributed by atoms with Crippen molar-refractivity contribution >= 4 is 17.4 Å². The van der Waals surface area contributed by atoms with Gasteiger partial charge in [0, 0.05) is 5.57 Å². The number of allylic oxidation sites excluding steroid dienone is 4. The molecule has 18 heavy (non-hydrogen) atoms. The van der Waals surface area contributed by atoms with E-state index in [1.165, 1.54) is 7.11 Å². The van der Waals surface area contributed by atoms with Gasteiger partial charge in [0.1, 0.15) is 5.75 Å². The monoisotopic (exact) mass is 240 g/mol. The minimum Gasteiger partial charge on any atom is -0.497 e. The van der Waals surface area contributed by atoms with E-state index in [1.807, 2.05) is 30.4 Å². The molecule has 0 unspecified atom stereocenters. The minimum atomic E-state index is -0.0647. The van der Waals surface area contributed by atoms with E-state index in [1.54, 1.807) is 13.2 Å². The molecular weight excluding hydrogens is 228 g/mol. The molecule has 3 heteroatoms. The third-order valence-corrected chi connectivity index (χ3v) is 3.23. The van der Waals surface area contributed by atoms with Gasteiger partial charge in [0.2, 0.25) is 5.78 Å². The predicted molar refractivity (Wildman–Crippen MR) is 69.0 cm³/mol. The van der Waals surface area contributed by atoms with E-state index in [4.69, 9.17) is 9.47 Å². The van der Waals surface area contributed by atoms with Crippen molar-refractivity contribution in [3.63, 3.8) is 0 Å². The molecule has 90 valence electrons. The second-order valence-electron chi connectivity index (χ2n) is 4.16. The van der Waals surface area contributed by atoms with Gasteiger partial charge >= 0.3 is 0 Å². The molecular formula is C15H12O3. The van der Waals surface area contributed by atoms with E-state index in [-0.39, 0.29) is 5.78 Å². The molecule has 0 spiro atoms. The highest BCUT2D eigenvalue weighted by molar-refractivity contribution is 6.25. The second kappa shape index (κ2) is 3.88. The highest BCUT2D eigenvalue weighted by Crippen LogP contribution is 2.40. The number of ether oxygens (including phenoxy) is 2. The van der Waals surface area contributed by atoms with Crippen LogP contribution in [0.25, 0.3) is 11.6 Å². The van der Waals surface area contributed by atoms with Crippen LogP contribution < -0.4 is 4.74 Å². The summed E-state index contributed by atoms with van der Waals surface area (Å²) in [7, 11) is 3.14. The van der Waals surface area contributed by atoms with E-state index < -0.39 is 0 Å². The summed E-state index contributed by atoms with van der Waals surface area (Å²) in [5.74, 6) is 1.10. The topological polar surface area (TPSA) is 35.5 Å². The smallest absolute Gasteiger partial charge is 0.228 e. The summed E-state index contributed by atoms with van der Waals surface area (Å²) in [5, 5.41) is 0. The van der Waals surface area contributed by atoms with Gasteiger partial charge in [-0.3, -0.25) is 4.79 Å². The van der Waals surface area contributed by atoms with E-state index >= 15 is 0 Å². The summed E-state index contributed by atoms with van der Waals surface area (Å²) in [6.07, 6.45) is 5.52. The first kappa shape index (κ1) is 10.8. The molecule has 0 N–H and O–H groups in total. The molecule has 3 rings (SSSR count). The third-order valence-electron chi connectivity index (χ3n) is 3.23. The van der Waals surface area contributed by atoms with Crippen LogP contribution in [0.15, 0.2) is 41.7 Å². The molecule has 0 aliphatic heterocycles. The third kappa shape index (κ3) is 1.40. The lowest BCUT2D eigenvalue weighted by Gasteiger charge is -2.13. The fourth-order valence-electron chi connectivity index (χ4n) is 2.30. The molecule has 0 aromatic heterocycles. The first-order valence-corrected chi connectivity index (χ1v) is 5.65. The fraction of sp³-hybridized carbons (Fsp3) is 0.133. The molecule has 2 aliphatic rings. The number of Topliss-reactive ketones (excluding diaryl/α,β-unsaturated/α-hetero) is 1. The van der Waals surface area contributed by atoms with Gasteiger partial charge in [-0.25, -0.2) is 0 Å². The van der Waals surface area contributed by atoms with Crippen LogP contribution in [-0.4, -0.2) is 20.0 Å². The predicted octanol–water partition coefficient (Wildman–Crippen LogP) is 2.59. The van der Waals surface area contributed by atoms with Gasteiger partial charge in [0.05, 0.1) is 14.2 Å². The number of carbonyl (C=O) groups is 1. The molecule has 0 saturated carbocycles. The first-order valence-electron chi connectivity index (χ1n) is 5.65. The Balaban J connectivity index is 2.14. The number of benzene rings is 1. The summed E-state index contributed by atoms with van der Waals surface area (Å²) in [6, 6.07) is 5.80. The zero-order chi connectivity index (χ0) is 12.7. The number of ketones is 1. The van der Waals surface area contributed by atoms with Gasteiger partial charge in [0.15, 0.2) is 5.76 Å². The van der Waals surface area contributed by atoms with Gasteiger partial charge < -0.3 is 9.47 Å². The maximum absolute atomic E-state index is 12.1. The van der Waals surface area contributed by atoms with Crippen molar-refractivity contribution in [2.45, 2.75) is 0 Å². The molecule has 0 saturated heterocycles. The Kier molecular flexibility index (Phi) is 2.33. The average molecular weight is 240 g/mol.